The van der Waals surface area contributed by atoms with E-state index >= 15 is 0 Å². The Morgan fingerprint density at radius 1 is 1.06 bits per heavy atom. The summed E-state index contributed by atoms with van der Waals surface area (Å²) in [6.07, 6.45) is -5.17. The minimum atomic E-state index is -4.80. The van der Waals surface area contributed by atoms with Gasteiger partial charge in [0.25, 0.3) is 0 Å². The van der Waals surface area contributed by atoms with Crippen LogP contribution in [0.1, 0.15) is 37.0 Å². The van der Waals surface area contributed by atoms with E-state index in [1.807, 2.05) is 0 Å². The third kappa shape index (κ3) is 5.24. The number of nitrogens with zero attached hydrogens (tertiary/aromatic N) is 1. The van der Waals surface area contributed by atoms with Gasteiger partial charge in [-0.25, -0.2) is 12.8 Å². The van der Waals surface area contributed by atoms with Gasteiger partial charge in [-0.3, -0.25) is 4.79 Å². The number of halogens is 4. The molecule has 0 amide bonds. The molecule has 0 aromatic heterocycles. The van der Waals surface area contributed by atoms with Gasteiger partial charge in [0.05, 0.1) is 16.4 Å². The normalized spacial score (nSPS) is 17.3. The summed E-state index contributed by atoms with van der Waals surface area (Å²) >= 11 is 0. The fourth-order valence-corrected chi connectivity index (χ4v) is 5.15. The zero-order valence-corrected chi connectivity index (χ0v) is 17.4. The van der Waals surface area contributed by atoms with Crippen molar-refractivity contribution in [1.82, 2.24) is 4.31 Å². The predicted octanol–water partition coefficient (Wildman–Crippen LogP) is 4.55. The van der Waals surface area contributed by atoms with Crippen LogP contribution >= 0.6 is 0 Å². The number of alkyl halides is 3. The molecule has 31 heavy (non-hydrogen) atoms. The van der Waals surface area contributed by atoms with Crippen molar-refractivity contribution >= 4 is 16.0 Å². The Labute approximate surface area is 177 Å². The number of hydrogen-bond acceptors (Lipinski definition) is 4. The van der Waals surface area contributed by atoms with Gasteiger partial charge in [-0.05, 0) is 49.6 Å². The fraction of sp³-hybridized carbons (Fsp3) is 0.381. The highest BCUT2D eigenvalue weighted by Crippen LogP contribution is 2.36. The predicted molar refractivity (Wildman–Crippen MR) is 104 cm³/mol. The molecule has 1 aliphatic heterocycles. The van der Waals surface area contributed by atoms with Crippen molar-refractivity contribution in [1.29, 1.82) is 0 Å². The van der Waals surface area contributed by atoms with Crippen LogP contribution in [-0.4, -0.2) is 31.8 Å². The van der Waals surface area contributed by atoms with Crippen LogP contribution in [0.5, 0.6) is 0 Å². The first-order valence-corrected chi connectivity index (χ1v) is 11.1. The first kappa shape index (κ1) is 23.2. The van der Waals surface area contributed by atoms with Crippen molar-refractivity contribution in [2.75, 3.05) is 13.1 Å². The molecule has 0 radical (unpaired) electrons. The molecule has 10 heteroatoms. The number of ether oxygens (including phenoxy) is 1. The van der Waals surface area contributed by atoms with Crippen LogP contribution in [-0.2, 0) is 25.7 Å². The lowest BCUT2D eigenvalue weighted by Gasteiger charge is -2.31. The Bertz CT molecular complexity index is 1030. The van der Waals surface area contributed by atoms with Crippen LogP contribution in [0.3, 0.4) is 0 Å². The van der Waals surface area contributed by atoms with Crippen LogP contribution in [0.25, 0.3) is 0 Å². The quantitative estimate of drug-likeness (QED) is 0.486. The molecule has 1 atom stereocenters. The van der Waals surface area contributed by atoms with Gasteiger partial charge in [-0.2, -0.15) is 17.5 Å². The van der Waals surface area contributed by atoms with Crippen molar-refractivity contribution in [3.05, 3.63) is 65.5 Å². The molecule has 0 spiro atoms. The topological polar surface area (TPSA) is 63.7 Å². The van der Waals surface area contributed by atoms with Gasteiger partial charge in [-0.15, -0.1) is 0 Å². The summed E-state index contributed by atoms with van der Waals surface area (Å²) in [5.41, 5.74) is -0.608. The maximum Gasteiger partial charge on any atom is 0.417 e. The standard InChI is InChI=1S/C21H21F4NO4S/c1-14(15-6-8-17(22)9-7-15)30-20(27)16-10-12-26(13-11-16)31(28,29)19-5-3-2-4-18(19)21(23,24)25/h2-9,14,16H,10-13H2,1H3. The van der Waals surface area contributed by atoms with Gasteiger partial charge < -0.3 is 4.74 Å². The molecule has 1 fully saturated rings. The molecular weight excluding hydrogens is 438 g/mol. The second-order valence-corrected chi connectivity index (χ2v) is 9.21. The number of carbonyl (C=O) groups excluding carboxylic acids is 1. The highest BCUT2D eigenvalue weighted by molar-refractivity contribution is 7.89. The zero-order valence-electron chi connectivity index (χ0n) is 16.6. The highest BCUT2D eigenvalue weighted by Gasteiger charge is 2.40. The lowest BCUT2D eigenvalue weighted by atomic mass is 9.98. The van der Waals surface area contributed by atoms with Gasteiger partial charge in [0.15, 0.2) is 0 Å². The third-order valence-electron chi connectivity index (χ3n) is 5.23. The molecule has 0 saturated carbocycles. The summed E-state index contributed by atoms with van der Waals surface area (Å²) < 4.78 is 84.7. The minimum absolute atomic E-state index is 0.0980. The van der Waals surface area contributed by atoms with Crippen molar-refractivity contribution in [2.24, 2.45) is 5.92 Å². The van der Waals surface area contributed by atoms with E-state index in [9.17, 15) is 30.8 Å². The lowest BCUT2D eigenvalue weighted by molar-refractivity contribution is -0.155. The van der Waals surface area contributed by atoms with E-state index in [1.165, 1.54) is 30.3 Å². The number of rotatable bonds is 5. The number of benzene rings is 2. The monoisotopic (exact) mass is 459 g/mol. The van der Waals surface area contributed by atoms with Crippen LogP contribution < -0.4 is 0 Å². The zero-order chi connectivity index (χ0) is 22.8. The van der Waals surface area contributed by atoms with Crippen LogP contribution in [0, 0.1) is 11.7 Å². The van der Waals surface area contributed by atoms with E-state index in [0.717, 1.165) is 22.5 Å². The number of sulfonamides is 1. The van der Waals surface area contributed by atoms with E-state index in [-0.39, 0.29) is 25.9 Å². The largest absolute Gasteiger partial charge is 0.458 e. The molecule has 1 aliphatic rings. The van der Waals surface area contributed by atoms with Crippen molar-refractivity contribution < 1.29 is 35.5 Å². The summed E-state index contributed by atoms with van der Waals surface area (Å²) in [6, 6.07) is 9.54. The Kier molecular flexibility index (Phi) is 6.70. The van der Waals surface area contributed by atoms with E-state index in [1.54, 1.807) is 6.92 Å². The van der Waals surface area contributed by atoms with Crippen molar-refractivity contribution in [3.8, 4) is 0 Å². The molecule has 1 heterocycles. The Morgan fingerprint density at radius 2 is 1.65 bits per heavy atom. The Morgan fingerprint density at radius 3 is 2.23 bits per heavy atom. The maximum absolute atomic E-state index is 13.2. The molecule has 5 nitrogen and oxygen atoms in total. The molecular formula is C21H21F4NO4S. The summed E-state index contributed by atoms with van der Waals surface area (Å²) in [4.78, 5) is 11.6. The molecule has 0 aliphatic carbocycles. The van der Waals surface area contributed by atoms with Gasteiger partial charge in [0, 0.05) is 13.1 Å². The fourth-order valence-electron chi connectivity index (χ4n) is 3.47. The molecule has 2 aromatic rings. The average Bonchev–Trinajstić information content (AvgIpc) is 2.73. The molecule has 0 N–H and O–H groups in total. The third-order valence-corrected chi connectivity index (χ3v) is 7.19. The van der Waals surface area contributed by atoms with Gasteiger partial charge in [0.2, 0.25) is 10.0 Å². The molecule has 1 unspecified atom stereocenters. The molecule has 2 aromatic carbocycles. The van der Waals surface area contributed by atoms with Gasteiger partial charge in [-0.1, -0.05) is 24.3 Å². The molecule has 168 valence electrons. The van der Waals surface area contributed by atoms with Crippen molar-refractivity contribution in [2.45, 2.75) is 36.9 Å². The van der Waals surface area contributed by atoms with E-state index in [0.29, 0.717) is 5.56 Å². The maximum atomic E-state index is 13.2. The summed E-state index contributed by atoms with van der Waals surface area (Å²) in [5, 5.41) is 0. The second-order valence-electron chi connectivity index (χ2n) is 7.30. The minimum Gasteiger partial charge on any atom is -0.458 e. The van der Waals surface area contributed by atoms with Crippen LogP contribution in [0.15, 0.2) is 53.4 Å². The van der Waals surface area contributed by atoms with Gasteiger partial charge >= 0.3 is 12.1 Å². The second kappa shape index (κ2) is 8.96. The summed E-state index contributed by atoms with van der Waals surface area (Å²) in [7, 11) is -4.37. The SMILES string of the molecule is CC(OC(=O)C1CCN(S(=O)(=O)c2ccccc2C(F)(F)F)CC1)c1ccc(F)cc1. The Balaban J connectivity index is 1.65. The molecule has 0 bridgehead atoms. The Hall–Kier alpha value is -2.46. The van der Waals surface area contributed by atoms with E-state index in [2.05, 4.69) is 0 Å². The van der Waals surface area contributed by atoms with Crippen molar-refractivity contribution in [3.63, 3.8) is 0 Å². The number of piperidine rings is 1. The summed E-state index contributed by atoms with van der Waals surface area (Å²) in [6.45, 7) is 1.44. The number of hydrogen-bond donors (Lipinski definition) is 0. The number of carbonyl (C=O) groups is 1. The van der Waals surface area contributed by atoms with Crippen LogP contribution in [0.4, 0.5) is 17.6 Å². The molecule has 1 saturated heterocycles. The first-order chi connectivity index (χ1) is 14.5. The highest BCUT2D eigenvalue weighted by atomic mass is 32.2. The van der Waals surface area contributed by atoms with E-state index < -0.39 is 50.5 Å². The lowest BCUT2D eigenvalue weighted by Crippen LogP contribution is -2.41. The smallest absolute Gasteiger partial charge is 0.417 e. The first-order valence-electron chi connectivity index (χ1n) is 9.62. The molecule has 3 rings (SSSR count). The average molecular weight is 459 g/mol. The summed E-state index contributed by atoms with van der Waals surface area (Å²) in [5.74, 6) is -1.51. The van der Waals surface area contributed by atoms with Crippen LogP contribution in [0.2, 0.25) is 0 Å². The van der Waals surface area contributed by atoms with E-state index in [4.69, 9.17) is 4.74 Å². The van der Waals surface area contributed by atoms with Gasteiger partial charge in [0.1, 0.15) is 11.9 Å². The number of esters is 1.